The van der Waals surface area contributed by atoms with E-state index in [0.29, 0.717) is 23.2 Å². The summed E-state index contributed by atoms with van der Waals surface area (Å²) in [6, 6.07) is 0. The van der Waals surface area contributed by atoms with Crippen molar-refractivity contribution in [2.45, 2.75) is 13.3 Å². The number of ether oxygens (including phenoxy) is 1. The molecule has 0 bridgehead atoms. The first-order chi connectivity index (χ1) is 10.1. The van der Waals surface area contributed by atoms with E-state index in [-0.39, 0.29) is 11.7 Å². The van der Waals surface area contributed by atoms with Gasteiger partial charge in [0, 0.05) is 33.3 Å². The predicted octanol–water partition coefficient (Wildman–Crippen LogP) is 0.855. The van der Waals surface area contributed by atoms with Crippen LogP contribution in [-0.2, 0) is 4.74 Å². The maximum absolute atomic E-state index is 12.1. The molecule has 0 saturated heterocycles. The molecule has 7 nitrogen and oxygen atoms in total. The normalized spacial score (nSPS) is 10.9. The lowest BCUT2D eigenvalue weighted by Gasteiger charge is -2.15. The number of nitrogens with two attached hydrogens (primary N) is 1. The molecule has 120 valence electrons. The molecular weight excluding hydrogens is 290 g/mol. The summed E-state index contributed by atoms with van der Waals surface area (Å²) in [4.78, 5) is 18.8. The molecule has 0 fully saturated rings. The zero-order valence-electron chi connectivity index (χ0n) is 12.9. The first kappa shape index (κ1) is 17.7. The lowest BCUT2D eigenvalue weighted by Crippen LogP contribution is -2.34. The SMILES string of the molecule is CCCNc1nc(N)c(C(=O)NCCN(C)CCOC)s1. The average Bonchev–Trinajstić information content (AvgIpc) is 2.84. The molecular formula is C13H25N5O2S. The maximum Gasteiger partial charge on any atom is 0.265 e. The summed E-state index contributed by atoms with van der Waals surface area (Å²) in [5.41, 5.74) is 5.78. The highest BCUT2D eigenvalue weighted by molar-refractivity contribution is 7.18. The summed E-state index contributed by atoms with van der Waals surface area (Å²) in [6.07, 6.45) is 0.995. The van der Waals surface area contributed by atoms with Crippen molar-refractivity contribution in [1.82, 2.24) is 15.2 Å². The molecule has 0 aromatic carbocycles. The maximum atomic E-state index is 12.1. The van der Waals surface area contributed by atoms with Crippen LogP contribution in [0.2, 0.25) is 0 Å². The third-order valence-corrected chi connectivity index (χ3v) is 3.87. The number of rotatable bonds is 10. The van der Waals surface area contributed by atoms with Gasteiger partial charge in [0.05, 0.1) is 6.61 Å². The minimum Gasteiger partial charge on any atom is -0.383 e. The Labute approximate surface area is 129 Å². The summed E-state index contributed by atoms with van der Waals surface area (Å²) >= 11 is 1.29. The molecule has 1 heterocycles. The van der Waals surface area contributed by atoms with Gasteiger partial charge in [-0.05, 0) is 13.5 Å². The van der Waals surface area contributed by atoms with Crippen molar-refractivity contribution in [2.24, 2.45) is 0 Å². The Balaban J connectivity index is 2.39. The molecule has 0 unspecified atom stereocenters. The van der Waals surface area contributed by atoms with Gasteiger partial charge in [-0.1, -0.05) is 18.3 Å². The highest BCUT2D eigenvalue weighted by atomic mass is 32.1. The largest absolute Gasteiger partial charge is 0.383 e. The molecule has 1 amide bonds. The van der Waals surface area contributed by atoms with E-state index in [2.05, 4.69) is 27.4 Å². The molecule has 8 heteroatoms. The summed E-state index contributed by atoms with van der Waals surface area (Å²) in [5.74, 6) is 0.110. The van der Waals surface area contributed by atoms with Gasteiger partial charge in [0.25, 0.3) is 5.91 Å². The van der Waals surface area contributed by atoms with Gasteiger partial charge >= 0.3 is 0 Å². The molecule has 0 aliphatic heterocycles. The second-order valence-electron chi connectivity index (χ2n) is 4.71. The molecule has 0 spiro atoms. The highest BCUT2D eigenvalue weighted by Gasteiger charge is 2.15. The smallest absolute Gasteiger partial charge is 0.265 e. The Bertz CT molecular complexity index is 438. The summed E-state index contributed by atoms with van der Waals surface area (Å²) in [6.45, 7) is 5.72. The molecule has 21 heavy (non-hydrogen) atoms. The lowest BCUT2D eigenvalue weighted by atomic mass is 10.4. The number of nitrogens with one attached hydrogen (secondary N) is 2. The van der Waals surface area contributed by atoms with Crippen molar-refractivity contribution >= 4 is 28.2 Å². The zero-order chi connectivity index (χ0) is 15.7. The molecule has 1 aromatic heterocycles. The van der Waals surface area contributed by atoms with Gasteiger partial charge in [0.15, 0.2) is 5.13 Å². The fourth-order valence-electron chi connectivity index (χ4n) is 1.60. The Morgan fingerprint density at radius 2 is 2.19 bits per heavy atom. The van der Waals surface area contributed by atoms with E-state index < -0.39 is 0 Å². The van der Waals surface area contributed by atoms with Crippen molar-refractivity contribution in [3.8, 4) is 0 Å². The number of amides is 1. The molecule has 4 N–H and O–H groups in total. The van der Waals surface area contributed by atoms with Crippen LogP contribution in [-0.4, -0.2) is 62.7 Å². The van der Waals surface area contributed by atoms with E-state index >= 15 is 0 Å². The van der Waals surface area contributed by atoms with Crippen LogP contribution < -0.4 is 16.4 Å². The van der Waals surface area contributed by atoms with Crippen molar-refractivity contribution < 1.29 is 9.53 Å². The van der Waals surface area contributed by atoms with Crippen LogP contribution in [0.1, 0.15) is 23.0 Å². The van der Waals surface area contributed by atoms with E-state index in [1.807, 2.05) is 7.05 Å². The van der Waals surface area contributed by atoms with E-state index in [9.17, 15) is 4.79 Å². The number of nitrogens with zero attached hydrogens (tertiary/aromatic N) is 2. The van der Waals surface area contributed by atoms with E-state index in [1.165, 1.54) is 11.3 Å². The van der Waals surface area contributed by atoms with Gasteiger partial charge in [-0.15, -0.1) is 0 Å². The van der Waals surface area contributed by atoms with E-state index in [1.54, 1.807) is 7.11 Å². The summed E-state index contributed by atoms with van der Waals surface area (Å²) in [7, 11) is 3.66. The molecule has 0 saturated carbocycles. The second-order valence-corrected chi connectivity index (χ2v) is 5.71. The minimum absolute atomic E-state index is 0.172. The van der Waals surface area contributed by atoms with E-state index in [0.717, 1.165) is 26.1 Å². The minimum atomic E-state index is -0.172. The molecule has 0 atom stereocenters. The average molecular weight is 315 g/mol. The Morgan fingerprint density at radius 3 is 2.86 bits per heavy atom. The number of anilines is 2. The number of methoxy groups -OCH3 is 1. The Morgan fingerprint density at radius 1 is 1.43 bits per heavy atom. The van der Waals surface area contributed by atoms with Crippen molar-refractivity contribution in [1.29, 1.82) is 0 Å². The number of aromatic nitrogens is 1. The number of hydrogen-bond donors (Lipinski definition) is 3. The summed E-state index contributed by atoms with van der Waals surface area (Å²) < 4.78 is 5.00. The third kappa shape index (κ3) is 6.28. The zero-order valence-corrected chi connectivity index (χ0v) is 13.8. The van der Waals surface area contributed by atoms with Crippen LogP contribution >= 0.6 is 11.3 Å². The number of hydrogen-bond acceptors (Lipinski definition) is 7. The lowest BCUT2D eigenvalue weighted by molar-refractivity contribution is 0.0952. The molecule has 0 aliphatic rings. The molecule has 0 radical (unpaired) electrons. The summed E-state index contributed by atoms with van der Waals surface area (Å²) in [5, 5.41) is 6.68. The van der Waals surface area contributed by atoms with Crippen LogP contribution in [0.3, 0.4) is 0 Å². The predicted molar refractivity (Wildman–Crippen MR) is 87.0 cm³/mol. The highest BCUT2D eigenvalue weighted by Crippen LogP contribution is 2.24. The van der Waals surface area contributed by atoms with Crippen molar-refractivity contribution in [2.75, 3.05) is 58.0 Å². The molecule has 0 aliphatic carbocycles. The van der Waals surface area contributed by atoms with Crippen molar-refractivity contribution in [3.63, 3.8) is 0 Å². The topological polar surface area (TPSA) is 92.5 Å². The third-order valence-electron chi connectivity index (χ3n) is 2.84. The first-order valence-corrected chi connectivity index (χ1v) is 7.86. The van der Waals surface area contributed by atoms with Gasteiger partial charge in [0.1, 0.15) is 10.7 Å². The van der Waals surface area contributed by atoms with Crippen LogP contribution in [0, 0.1) is 0 Å². The fourth-order valence-corrected chi connectivity index (χ4v) is 2.43. The van der Waals surface area contributed by atoms with Gasteiger partial charge < -0.3 is 26.0 Å². The Hall–Kier alpha value is -1.38. The fraction of sp³-hybridized carbons (Fsp3) is 0.692. The van der Waals surface area contributed by atoms with Crippen LogP contribution in [0.4, 0.5) is 10.9 Å². The quantitative estimate of drug-likeness (QED) is 0.593. The van der Waals surface area contributed by atoms with Gasteiger partial charge in [0.2, 0.25) is 0 Å². The number of thiazole rings is 1. The van der Waals surface area contributed by atoms with Crippen LogP contribution in [0.25, 0.3) is 0 Å². The number of carbonyl (C=O) groups excluding carboxylic acids is 1. The van der Waals surface area contributed by atoms with Gasteiger partial charge in [-0.3, -0.25) is 4.79 Å². The van der Waals surface area contributed by atoms with Gasteiger partial charge in [-0.25, -0.2) is 4.98 Å². The molecule has 1 rings (SSSR count). The number of likely N-dealkylation sites (N-methyl/N-ethyl adjacent to an activating group) is 1. The van der Waals surface area contributed by atoms with Gasteiger partial charge in [-0.2, -0.15) is 0 Å². The number of nitrogen functional groups attached to an aromatic ring is 1. The van der Waals surface area contributed by atoms with Crippen molar-refractivity contribution in [3.05, 3.63) is 4.88 Å². The van der Waals surface area contributed by atoms with Crippen LogP contribution in [0.5, 0.6) is 0 Å². The molecule has 1 aromatic rings. The Kier molecular flexibility index (Phi) is 8.03. The number of carbonyl (C=O) groups is 1. The monoisotopic (exact) mass is 315 g/mol. The second kappa shape index (κ2) is 9.54. The first-order valence-electron chi connectivity index (χ1n) is 7.04. The van der Waals surface area contributed by atoms with Crippen LogP contribution in [0.15, 0.2) is 0 Å². The standard InChI is InChI=1S/C13H25N5O2S/c1-4-5-16-13-17-11(14)10(21-13)12(19)15-6-7-18(2)8-9-20-3/h4-9,14H2,1-3H3,(H,15,19)(H,16,17). The van der Waals surface area contributed by atoms with E-state index in [4.69, 9.17) is 10.5 Å².